The Balaban J connectivity index is 1.78. The van der Waals surface area contributed by atoms with Gasteiger partial charge in [0.15, 0.2) is 0 Å². The van der Waals surface area contributed by atoms with Crippen molar-refractivity contribution >= 4 is 22.9 Å². The van der Waals surface area contributed by atoms with E-state index in [4.69, 9.17) is 18.0 Å². The number of hydrogen-bond donors (Lipinski definition) is 2. The predicted octanol–water partition coefficient (Wildman–Crippen LogP) is 3.43. The molecule has 3 N–H and O–H groups in total. The number of benzene rings is 2. The molecule has 0 spiro atoms. The van der Waals surface area contributed by atoms with Crippen LogP contribution >= 0.6 is 12.2 Å². The van der Waals surface area contributed by atoms with Crippen molar-refractivity contribution in [2.75, 3.05) is 5.32 Å². The number of nitrogens with one attached hydrogen (secondary N) is 1. The Hall–Kier alpha value is -1.94. The van der Waals surface area contributed by atoms with Crippen LogP contribution in [0.1, 0.15) is 23.5 Å². The van der Waals surface area contributed by atoms with E-state index >= 15 is 0 Å². The van der Waals surface area contributed by atoms with Crippen LogP contribution in [-0.2, 0) is 0 Å². The Kier molecular flexibility index (Phi) is 3.40. The number of halogens is 1. The maximum Gasteiger partial charge on any atom is 0.135 e. The van der Waals surface area contributed by atoms with Crippen LogP contribution in [0.15, 0.2) is 48.5 Å². The molecule has 0 saturated heterocycles. The van der Waals surface area contributed by atoms with Crippen LogP contribution in [0.2, 0.25) is 0 Å². The van der Waals surface area contributed by atoms with Gasteiger partial charge in [-0.05, 0) is 24.1 Å². The molecule has 2 aromatic rings. The van der Waals surface area contributed by atoms with E-state index in [9.17, 15) is 4.39 Å². The molecular weight excluding hydrogens is 271 g/mol. The minimum atomic E-state index is -0.376. The van der Waals surface area contributed by atoms with Gasteiger partial charge in [-0.3, -0.25) is 0 Å². The zero-order valence-electron chi connectivity index (χ0n) is 10.8. The van der Waals surface area contributed by atoms with Gasteiger partial charge in [0.2, 0.25) is 0 Å². The SMILES string of the molecule is NC(=S)c1c(F)cccc1NC1CC1c1ccccc1. The second kappa shape index (κ2) is 5.21. The van der Waals surface area contributed by atoms with E-state index in [0.29, 0.717) is 23.2 Å². The predicted molar refractivity (Wildman–Crippen MR) is 83.5 cm³/mol. The van der Waals surface area contributed by atoms with E-state index in [1.54, 1.807) is 6.07 Å². The summed E-state index contributed by atoms with van der Waals surface area (Å²) in [5.41, 5.74) is 7.90. The van der Waals surface area contributed by atoms with Crippen LogP contribution < -0.4 is 11.1 Å². The molecule has 0 aromatic heterocycles. The van der Waals surface area contributed by atoms with Gasteiger partial charge in [-0.1, -0.05) is 48.6 Å². The van der Waals surface area contributed by atoms with Gasteiger partial charge < -0.3 is 11.1 Å². The average Bonchev–Trinajstić information content (AvgIpc) is 3.18. The molecule has 102 valence electrons. The van der Waals surface area contributed by atoms with Gasteiger partial charge in [0.1, 0.15) is 10.8 Å². The molecule has 0 amide bonds. The summed E-state index contributed by atoms with van der Waals surface area (Å²) in [6, 6.07) is 15.5. The van der Waals surface area contributed by atoms with Gasteiger partial charge in [-0.25, -0.2) is 4.39 Å². The molecule has 1 fully saturated rings. The molecule has 2 atom stereocenters. The molecule has 1 aliphatic carbocycles. The molecule has 0 radical (unpaired) electrons. The Morgan fingerprint density at radius 3 is 2.60 bits per heavy atom. The van der Waals surface area contributed by atoms with E-state index in [-0.39, 0.29) is 10.8 Å². The summed E-state index contributed by atoms with van der Waals surface area (Å²) in [5.74, 6) is 0.0954. The third-order valence-corrected chi connectivity index (χ3v) is 3.82. The van der Waals surface area contributed by atoms with Gasteiger partial charge in [0.05, 0.1) is 5.56 Å². The fraction of sp³-hybridized carbons (Fsp3) is 0.188. The summed E-state index contributed by atoms with van der Waals surface area (Å²) < 4.78 is 13.8. The van der Waals surface area contributed by atoms with Crippen LogP contribution in [0, 0.1) is 5.82 Å². The molecule has 0 heterocycles. The summed E-state index contributed by atoms with van der Waals surface area (Å²) in [6.45, 7) is 0. The Morgan fingerprint density at radius 2 is 1.90 bits per heavy atom. The number of hydrogen-bond acceptors (Lipinski definition) is 2. The minimum absolute atomic E-state index is 0.0857. The van der Waals surface area contributed by atoms with Gasteiger partial charge in [-0.15, -0.1) is 0 Å². The highest BCUT2D eigenvalue weighted by Gasteiger charge is 2.38. The first kappa shape index (κ1) is 13.1. The lowest BCUT2D eigenvalue weighted by Crippen LogP contribution is -2.16. The van der Waals surface area contributed by atoms with Crippen LogP contribution in [0.25, 0.3) is 0 Å². The first-order valence-corrected chi connectivity index (χ1v) is 6.97. The molecule has 20 heavy (non-hydrogen) atoms. The fourth-order valence-corrected chi connectivity index (χ4v) is 2.73. The second-order valence-corrected chi connectivity index (χ2v) is 5.47. The van der Waals surface area contributed by atoms with Crippen LogP contribution in [0.4, 0.5) is 10.1 Å². The van der Waals surface area contributed by atoms with Crippen molar-refractivity contribution in [3.05, 3.63) is 65.5 Å². The number of rotatable bonds is 4. The normalized spacial score (nSPS) is 20.4. The second-order valence-electron chi connectivity index (χ2n) is 5.03. The molecule has 2 aromatic carbocycles. The van der Waals surface area contributed by atoms with Crippen molar-refractivity contribution in [3.8, 4) is 0 Å². The molecule has 3 rings (SSSR count). The molecule has 4 heteroatoms. The monoisotopic (exact) mass is 286 g/mol. The lowest BCUT2D eigenvalue weighted by Gasteiger charge is -2.12. The third-order valence-electron chi connectivity index (χ3n) is 3.62. The van der Waals surface area contributed by atoms with Crippen LogP contribution in [0.5, 0.6) is 0 Å². The molecule has 1 aliphatic rings. The van der Waals surface area contributed by atoms with Gasteiger partial charge in [0.25, 0.3) is 0 Å². The maximum absolute atomic E-state index is 13.8. The zero-order chi connectivity index (χ0) is 14.1. The highest BCUT2D eigenvalue weighted by atomic mass is 32.1. The van der Waals surface area contributed by atoms with Gasteiger partial charge in [-0.2, -0.15) is 0 Å². The van der Waals surface area contributed by atoms with E-state index in [1.807, 2.05) is 24.3 Å². The zero-order valence-corrected chi connectivity index (χ0v) is 11.7. The Labute approximate surface area is 122 Å². The first-order valence-electron chi connectivity index (χ1n) is 6.56. The molecule has 0 aliphatic heterocycles. The van der Waals surface area contributed by atoms with Gasteiger partial charge in [0, 0.05) is 17.6 Å². The lowest BCUT2D eigenvalue weighted by molar-refractivity contribution is 0.626. The molecule has 1 saturated carbocycles. The number of nitrogens with two attached hydrogens (primary N) is 1. The Bertz CT molecular complexity index is 642. The van der Waals surface area contributed by atoms with Crippen molar-refractivity contribution < 1.29 is 4.39 Å². The standard InChI is InChI=1S/C16H15FN2S/c17-12-7-4-8-13(15(12)16(18)20)19-14-9-11(14)10-5-2-1-3-6-10/h1-8,11,14,19H,9H2,(H2,18,20). The quantitative estimate of drug-likeness (QED) is 0.846. The first-order chi connectivity index (χ1) is 9.66. The largest absolute Gasteiger partial charge is 0.389 e. The lowest BCUT2D eigenvalue weighted by atomic mass is 10.1. The highest BCUT2D eigenvalue weighted by molar-refractivity contribution is 7.80. The molecular formula is C16H15FN2S. The molecule has 2 unspecified atom stereocenters. The summed E-state index contributed by atoms with van der Waals surface area (Å²) in [4.78, 5) is 0.0857. The summed E-state index contributed by atoms with van der Waals surface area (Å²) in [5, 5.41) is 3.35. The van der Waals surface area contributed by atoms with Crippen molar-refractivity contribution in [1.29, 1.82) is 0 Å². The van der Waals surface area contributed by atoms with E-state index < -0.39 is 0 Å². The van der Waals surface area contributed by atoms with Crippen molar-refractivity contribution in [2.24, 2.45) is 5.73 Å². The summed E-state index contributed by atoms with van der Waals surface area (Å²) in [7, 11) is 0. The average molecular weight is 286 g/mol. The highest BCUT2D eigenvalue weighted by Crippen LogP contribution is 2.43. The summed E-state index contributed by atoms with van der Waals surface area (Å²) >= 11 is 4.93. The van der Waals surface area contributed by atoms with E-state index in [1.165, 1.54) is 11.6 Å². The number of thiocarbonyl (C=S) groups is 1. The topological polar surface area (TPSA) is 38.0 Å². The van der Waals surface area contributed by atoms with Crippen molar-refractivity contribution in [2.45, 2.75) is 18.4 Å². The smallest absolute Gasteiger partial charge is 0.135 e. The molecule has 2 nitrogen and oxygen atoms in total. The fourth-order valence-electron chi connectivity index (χ4n) is 2.52. The van der Waals surface area contributed by atoms with Crippen LogP contribution in [0.3, 0.4) is 0 Å². The molecule has 0 bridgehead atoms. The number of anilines is 1. The van der Waals surface area contributed by atoms with Crippen molar-refractivity contribution in [3.63, 3.8) is 0 Å². The van der Waals surface area contributed by atoms with E-state index in [0.717, 1.165) is 6.42 Å². The maximum atomic E-state index is 13.8. The summed E-state index contributed by atoms with van der Waals surface area (Å²) in [6.07, 6.45) is 1.04. The minimum Gasteiger partial charge on any atom is -0.389 e. The van der Waals surface area contributed by atoms with E-state index in [2.05, 4.69) is 17.4 Å². The Morgan fingerprint density at radius 1 is 1.15 bits per heavy atom. The van der Waals surface area contributed by atoms with Gasteiger partial charge >= 0.3 is 0 Å². The third kappa shape index (κ3) is 2.51. The van der Waals surface area contributed by atoms with Crippen molar-refractivity contribution in [1.82, 2.24) is 0 Å². The van der Waals surface area contributed by atoms with Crippen LogP contribution in [-0.4, -0.2) is 11.0 Å².